The van der Waals surface area contributed by atoms with E-state index in [-0.39, 0.29) is 6.04 Å². The number of anilines is 1. The van der Waals surface area contributed by atoms with Gasteiger partial charge in [0.15, 0.2) is 11.5 Å². The monoisotopic (exact) mass is 435 g/mol. The van der Waals surface area contributed by atoms with Crippen LogP contribution in [0, 0.1) is 12.8 Å². The van der Waals surface area contributed by atoms with E-state index in [1.54, 1.807) is 0 Å². The molecule has 8 heteroatoms. The maximum atomic E-state index is 6.82. The lowest BCUT2D eigenvalue weighted by molar-refractivity contribution is 0.481. The van der Waals surface area contributed by atoms with Crippen LogP contribution in [0.15, 0.2) is 42.5 Å². The van der Waals surface area contributed by atoms with Gasteiger partial charge in [-0.05, 0) is 37.8 Å². The zero-order chi connectivity index (χ0) is 21.5. The van der Waals surface area contributed by atoms with E-state index in [1.807, 2.05) is 51.7 Å². The summed E-state index contributed by atoms with van der Waals surface area (Å²) in [5.74, 6) is 2.13. The van der Waals surface area contributed by atoms with Crippen molar-refractivity contribution in [2.45, 2.75) is 46.2 Å². The van der Waals surface area contributed by atoms with E-state index in [0.717, 1.165) is 65.2 Å². The molecule has 0 bridgehead atoms. The summed E-state index contributed by atoms with van der Waals surface area (Å²) in [6.07, 6.45) is 2.12. The van der Waals surface area contributed by atoms with Gasteiger partial charge < -0.3 is 4.90 Å². The van der Waals surface area contributed by atoms with Crippen LogP contribution < -0.4 is 4.90 Å². The van der Waals surface area contributed by atoms with Gasteiger partial charge in [-0.1, -0.05) is 55.8 Å². The van der Waals surface area contributed by atoms with Gasteiger partial charge in [-0.25, -0.2) is 0 Å². The molecule has 0 N–H and O–H groups in total. The van der Waals surface area contributed by atoms with Gasteiger partial charge in [0.2, 0.25) is 0 Å². The summed E-state index contributed by atoms with van der Waals surface area (Å²) in [7, 11) is 0. The smallest absolute Gasteiger partial charge is 0.185 e. The van der Waals surface area contributed by atoms with Crippen molar-refractivity contribution >= 4 is 23.1 Å². The molecule has 4 heterocycles. The second kappa shape index (κ2) is 7.96. The van der Waals surface area contributed by atoms with Crippen LogP contribution in [0.25, 0.3) is 17.0 Å². The molecule has 31 heavy (non-hydrogen) atoms. The Morgan fingerprint density at radius 3 is 2.65 bits per heavy atom. The summed E-state index contributed by atoms with van der Waals surface area (Å²) < 4.78 is 3.77. The molecule has 1 atom stereocenters. The first-order chi connectivity index (χ1) is 15.0. The molecule has 0 radical (unpaired) electrons. The highest BCUT2D eigenvalue weighted by atomic mass is 35.5. The second-order valence-corrected chi connectivity index (χ2v) is 8.93. The van der Waals surface area contributed by atoms with E-state index in [9.17, 15) is 0 Å². The second-order valence-electron chi connectivity index (χ2n) is 8.57. The van der Waals surface area contributed by atoms with Crippen molar-refractivity contribution < 1.29 is 0 Å². The van der Waals surface area contributed by atoms with Crippen molar-refractivity contribution in [1.29, 1.82) is 0 Å². The molecule has 1 unspecified atom stereocenters. The third-order valence-corrected chi connectivity index (χ3v) is 6.21. The highest BCUT2D eigenvalue weighted by molar-refractivity contribution is 6.30. The van der Waals surface area contributed by atoms with Gasteiger partial charge in [0, 0.05) is 24.2 Å². The Bertz CT molecular complexity index is 1210. The lowest BCUT2D eigenvalue weighted by atomic mass is 10.1. The summed E-state index contributed by atoms with van der Waals surface area (Å²) in [4.78, 5) is 2.34. The number of aryl methyl sites for hydroxylation is 1. The summed E-state index contributed by atoms with van der Waals surface area (Å²) in [6, 6.07) is 14.2. The third-order valence-electron chi connectivity index (χ3n) is 5.81. The molecule has 0 amide bonds. The number of halogens is 1. The van der Waals surface area contributed by atoms with Crippen molar-refractivity contribution in [3.63, 3.8) is 0 Å². The SMILES string of the molecule is Cc1nn(CC(C)C)c(Cl)c1C1CCCN1c1ccc2nnc(-c3ccccc3)n2n1. The Balaban J connectivity index is 1.54. The van der Waals surface area contributed by atoms with Gasteiger partial charge in [-0.3, -0.25) is 4.68 Å². The normalized spacial score (nSPS) is 16.7. The van der Waals surface area contributed by atoms with Crippen LogP contribution in [-0.2, 0) is 6.54 Å². The lowest BCUT2D eigenvalue weighted by Gasteiger charge is -2.26. The fourth-order valence-corrected chi connectivity index (χ4v) is 4.82. The minimum Gasteiger partial charge on any atom is -0.348 e. The summed E-state index contributed by atoms with van der Waals surface area (Å²) in [6.45, 7) is 8.16. The average Bonchev–Trinajstić information content (AvgIpc) is 3.46. The molecular weight excluding hydrogens is 410 g/mol. The quantitative estimate of drug-likeness (QED) is 0.444. The molecule has 1 aliphatic heterocycles. The molecule has 0 aliphatic carbocycles. The predicted molar refractivity (Wildman–Crippen MR) is 122 cm³/mol. The number of nitrogens with zero attached hydrogens (tertiary/aromatic N) is 7. The fraction of sp³-hybridized carbons (Fsp3) is 0.391. The predicted octanol–water partition coefficient (Wildman–Crippen LogP) is 4.95. The number of hydrogen-bond donors (Lipinski definition) is 0. The summed E-state index contributed by atoms with van der Waals surface area (Å²) >= 11 is 6.82. The maximum absolute atomic E-state index is 6.82. The highest BCUT2D eigenvalue weighted by Crippen LogP contribution is 2.40. The molecule has 1 fully saturated rings. The van der Waals surface area contributed by atoms with Crippen molar-refractivity contribution in [3.8, 4) is 11.4 Å². The van der Waals surface area contributed by atoms with Gasteiger partial charge in [0.25, 0.3) is 0 Å². The summed E-state index contributed by atoms with van der Waals surface area (Å²) in [5.41, 5.74) is 3.84. The molecule has 4 aromatic rings. The van der Waals surface area contributed by atoms with Crippen LogP contribution in [0.2, 0.25) is 5.15 Å². The Kier molecular flexibility index (Phi) is 5.14. The first-order valence-corrected chi connectivity index (χ1v) is 11.2. The van der Waals surface area contributed by atoms with Crippen molar-refractivity contribution in [3.05, 3.63) is 58.9 Å². The van der Waals surface area contributed by atoms with Gasteiger partial charge in [0.05, 0.1) is 11.7 Å². The Morgan fingerprint density at radius 2 is 1.87 bits per heavy atom. The maximum Gasteiger partial charge on any atom is 0.185 e. The number of hydrogen-bond acceptors (Lipinski definition) is 5. The molecule has 0 saturated carbocycles. The average molecular weight is 436 g/mol. The third kappa shape index (κ3) is 3.57. The number of fused-ring (bicyclic) bond motifs is 1. The first-order valence-electron chi connectivity index (χ1n) is 10.8. The molecule has 1 aromatic carbocycles. The molecule has 1 saturated heterocycles. The van der Waals surface area contributed by atoms with Gasteiger partial charge in [-0.15, -0.1) is 15.3 Å². The van der Waals surface area contributed by atoms with Crippen molar-refractivity contribution in [2.24, 2.45) is 5.92 Å². The van der Waals surface area contributed by atoms with Crippen LogP contribution >= 0.6 is 11.6 Å². The van der Waals surface area contributed by atoms with Crippen LogP contribution in [-0.4, -0.2) is 36.1 Å². The molecule has 7 nitrogen and oxygen atoms in total. The molecule has 1 aliphatic rings. The van der Waals surface area contributed by atoms with Crippen LogP contribution in [0.3, 0.4) is 0 Å². The minimum absolute atomic E-state index is 0.162. The number of aromatic nitrogens is 6. The van der Waals surface area contributed by atoms with Gasteiger partial charge >= 0.3 is 0 Å². The van der Waals surface area contributed by atoms with Gasteiger partial charge in [-0.2, -0.15) is 9.61 Å². The number of benzene rings is 1. The fourth-order valence-electron chi connectivity index (χ4n) is 4.45. The van der Waals surface area contributed by atoms with Crippen LogP contribution in [0.1, 0.15) is 44.0 Å². The molecule has 0 spiro atoms. The summed E-state index contributed by atoms with van der Waals surface area (Å²) in [5, 5.41) is 19.1. The van der Waals surface area contributed by atoms with Gasteiger partial charge in [0.1, 0.15) is 11.0 Å². The Labute approximate surface area is 186 Å². The van der Waals surface area contributed by atoms with E-state index in [2.05, 4.69) is 35.9 Å². The van der Waals surface area contributed by atoms with E-state index < -0.39 is 0 Å². The highest BCUT2D eigenvalue weighted by Gasteiger charge is 2.33. The Hall–Kier alpha value is -2.93. The Morgan fingerprint density at radius 1 is 1.06 bits per heavy atom. The minimum atomic E-state index is 0.162. The first kappa shape index (κ1) is 20.0. The van der Waals surface area contributed by atoms with Crippen LogP contribution in [0.5, 0.6) is 0 Å². The van der Waals surface area contributed by atoms with E-state index in [0.29, 0.717) is 5.92 Å². The van der Waals surface area contributed by atoms with Crippen molar-refractivity contribution in [1.82, 2.24) is 29.6 Å². The number of rotatable bonds is 5. The lowest BCUT2D eigenvalue weighted by Crippen LogP contribution is -2.24. The zero-order valence-electron chi connectivity index (χ0n) is 18.0. The largest absolute Gasteiger partial charge is 0.348 e. The molecule has 5 rings (SSSR count). The van der Waals surface area contributed by atoms with E-state index >= 15 is 0 Å². The standard InChI is InChI=1S/C23H26ClN7/c1-15(2)14-30-22(24)21(16(3)27-30)18-10-7-13-29(18)20-12-11-19-25-26-23(31(19)28-20)17-8-5-4-6-9-17/h4-6,8-9,11-12,15,18H,7,10,13-14H2,1-3H3. The van der Waals surface area contributed by atoms with E-state index in [1.165, 1.54) is 0 Å². The topological polar surface area (TPSA) is 64.1 Å². The van der Waals surface area contributed by atoms with E-state index in [4.69, 9.17) is 21.8 Å². The molecule has 160 valence electrons. The van der Waals surface area contributed by atoms with Crippen LogP contribution in [0.4, 0.5) is 5.82 Å². The zero-order valence-corrected chi connectivity index (χ0v) is 18.8. The molecular formula is C23H26ClN7. The molecule has 3 aromatic heterocycles. The van der Waals surface area contributed by atoms with Crippen molar-refractivity contribution in [2.75, 3.05) is 11.4 Å².